The van der Waals surface area contributed by atoms with Crippen molar-refractivity contribution in [3.63, 3.8) is 0 Å². The van der Waals surface area contributed by atoms with Gasteiger partial charge in [0, 0.05) is 16.1 Å². The van der Waals surface area contributed by atoms with Gasteiger partial charge in [-0.25, -0.2) is 4.39 Å². The van der Waals surface area contributed by atoms with E-state index in [4.69, 9.17) is 27.9 Å². The van der Waals surface area contributed by atoms with Crippen LogP contribution in [0.1, 0.15) is 27.5 Å². The van der Waals surface area contributed by atoms with Crippen molar-refractivity contribution in [2.75, 3.05) is 7.11 Å². The third kappa shape index (κ3) is 4.99. The Labute approximate surface area is 199 Å². The summed E-state index contributed by atoms with van der Waals surface area (Å²) in [4.78, 5) is 25.7. The van der Waals surface area contributed by atoms with Crippen LogP contribution in [0.5, 0.6) is 5.75 Å². The number of halogens is 3. The van der Waals surface area contributed by atoms with E-state index in [0.717, 1.165) is 5.56 Å². The molecule has 1 fully saturated rings. The van der Waals surface area contributed by atoms with Gasteiger partial charge in [0.15, 0.2) is 6.04 Å². The van der Waals surface area contributed by atoms with E-state index >= 15 is 0 Å². The lowest BCUT2D eigenvalue weighted by Crippen LogP contribution is -2.42. The Kier molecular flexibility index (Phi) is 6.62. The van der Waals surface area contributed by atoms with Crippen molar-refractivity contribution in [3.8, 4) is 5.75 Å². The number of nitrogens with one attached hydrogen (secondary N) is 2. The highest BCUT2D eigenvalue weighted by atomic mass is 35.5. The van der Waals surface area contributed by atoms with Crippen molar-refractivity contribution >= 4 is 41.2 Å². The van der Waals surface area contributed by atoms with Crippen LogP contribution in [-0.4, -0.2) is 35.9 Å². The molecule has 1 saturated heterocycles. The molecular weight excluding hydrogens is 468 g/mol. The highest BCUT2D eigenvalue weighted by Gasteiger charge is 2.47. The molecule has 33 heavy (non-hydrogen) atoms. The summed E-state index contributed by atoms with van der Waals surface area (Å²) in [5.74, 6) is -0.714. The minimum atomic E-state index is -0.932. The molecule has 0 radical (unpaired) electrons. The maximum atomic E-state index is 13.2. The van der Waals surface area contributed by atoms with Crippen LogP contribution in [0.15, 0.2) is 66.7 Å². The molecule has 4 rings (SSSR count). The highest BCUT2D eigenvalue weighted by Crippen LogP contribution is 2.28. The SMILES string of the molecule is COc1ccc([C@@H]2[C@@H](NC(=O)c3ccc(F)cc3)C(=O)N/[N+]2=C\c2ccc(Cl)cc2Cl)cc1. The largest absolute Gasteiger partial charge is 0.497 e. The lowest BCUT2D eigenvalue weighted by molar-refractivity contribution is -0.596. The van der Waals surface area contributed by atoms with E-state index in [1.807, 2.05) is 12.1 Å². The molecule has 0 aliphatic carbocycles. The zero-order valence-electron chi connectivity index (χ0n) is 17.4. The topological polar surface area (TPSA) is 70.4 Å². The van der Waals surface area contributed by atoms with E-state index in [1.165, 1.54) is 24.3 Å². The molecule has 3 aromatic rings. The molecule has 2 amide bonds. The Hall–Kier alpha value is -3.42. The fourth-order valence-corrected chi connectivity index (χ4v) is 4.02. The second-order valence-corrected chi connectivity index (χ2v) is 8.20. The van der Waals surface area contributed by atoms with E-state index in [0.29, 0.717) is 21.4 Å². The quantitative estimate of drug-likeness (QED) is 0.532. The lowest BCUT2D eigenvalue weighted by atomic mass is 9.99. The molecule has 0 saturated carbocycles. The van der Waals surface area contributed by atoms with Gasteiger partial charge in [0.05, 0.1) is 17.7 Å². The average Bonchev–Trinajstić information content (AvgIpc) is 3.10. The Bertz CT molecular complexity index is 1230. The Morgan fingerprint density at radius 3 is 2.42 bits per heavy atom. The van der Waals surface area contributed by atoms with Gasteiger partial charge in [-0.2, -0.15) is 0 Å². The van der Waals surface area contributed by atoms with Crippen LogP contribution in [0.25, 0.3) is 0 Å². The molecule has 0 unspecified atom stereocenters. The number of carbonyl (C=O) groups excluding carboxylic acids is 2. The van der Waals surface area contributed by atoms with Crippen LogP contribution in [-0.2, 0) is 4.79 Å². The first-order valence-electron chi connectivity index (χ1n) is 9.95. The van der Waals surface area contributed by atoms with Crippen molar-refractivity contribution < 1.29 is 23.4 Å². The van der Waals surface area contributed by atoms with Gasteiger partial charge in [-0.3, -0.25) is 9.59 Å². The van der Waals surface area contributed by atoms with Crippen LogP contribution in [0.3, 0.4) is 0 Å². The zero-order valence-corrected chi connectivity index (χ0v) is 18.9. The van der Waals surface area contributed by atoms with Crippen LogP contribution in [0, 0.1) is 5.82 Å². The second-order valence-electron chi connectivity index (χ2n) is 7.35. The summed E-state index contributed by atoms with van der Waals surface area (Å²) in [5, 5.41) is 3.65. The summed E-state index contributed by atoms with van der Waals surface area (Å²) in [6.45, 7) is 0. The number of hydrazone groups is 1. The maximum absolute atomic E-state index is 13.2. The highest BCUT2D eigenvalue weighted by molar-refractivity contribution is 6.36. The number of ether oxygens (including phenoxy) is 1. The average molecular weight is 487 g/mol. The van der Waals surface area contributed by atoms with E-state index in [2.05, 4.69) is 10.7 Å². The molecule has 1 aliphatic rings. The van der Waals surface area contributed by atoms with Gasteiger partial charge in [0.2, 0.25) is 12.3 Å². The molecule has 3 aromatic carbocycles. The first-order chi connectivity index (χ1) is 15.9. The summed E-state index contributed by atoms with van der Waals surface area (Å²) in [6.07, 6.45) is 1.68. The normalized spacial score (nSPS) is 18.8. The van der Waals surface area contributed by atoms with E-state index in [1.54, 1.807) is 48.3 Å². The molecular formula is C24H19Cl2FN3O3+. The fourth-order valence-electron chi connectivity index (χ4n) is 3.56. The number of benzene rings is 3. The van der Waals surface area contributed by atoms with Crippen LogP contribution in [0.2, 0.25) is 10.0 Å². The zero-order chi connectivity index (χ0) is 23.5. The van der Waals surface area contributed by atoms with E-state index < -0.39 is 29.7 Å². The van der Waals surface area contributed by atoms with Gasteiger partial charge in [-0.1, -0.05) is 23.2 Å². The van der Waals surface area contributed by atoms with Crippen molar-refractivity contribution in [1.29, 1.82) is 0 Å². The summed E-state index contributed by atoms with van der Waals surface area (Å²) < 4.78 is 20.1. The molecule has 0 aromatic heterocycles. The second kappa shape index (κ2) is 9.60. The number of hydrogen-bond acceptors (Lipinski definition) is 3. The summed E-state index contributed by atoms with van der Waals surface area (Å²) >= 11 is 12.3. The molecule has 0 bridgehead atoms. The predicted octanol–water partition coefficient (Wildman–Crippen LogP) is 4.16. The predicted molar refractivity (Wildman–Crippen MR) is 123 cm³/mol. The molecule has 168 valence electrons. The molecule has 0 spiro atoms. The first kappa shape index (κ1) is 22.8. The van der Waals surface area contributed by atoms with Crippen molar-refractivity contribution in [2.45, 2.75) is 12.1 Å². The fraction of sp³-hybridized carbons (Fsp3) is 0.125. The number of rotatable bonds is 5. The summed E-state index contributed by atoms with van der Waals surface area (Å²) in [6, 6.07) is 15.7. The van der Waals surface area contributed by atoms with Gasteiger partial charge in [0.1, 0.15) is 11.6 Å². The van der Waals surface area contributed by atoms with Gasteiger partial charge in [0.25, 0.3) is 5.91 Å². The molecule has 1 heterocycles. The maximum Gasteiger partial charge on any atom is 0.304 e. The lowest BCUT2D eigenvalue weighted by Gasteiger charge is -2.15. The Morgan fingerprint density at radius 2 is 1.79 bits per heavy atom. The minimum Gasteiger partial charge on any atom is -0.497 e. The van der Waals surface area contributed by atoms with Gasteiger partial charge >= 0.3 is 5.91 Å². The number of carbonyl (C=O) groups is 2. The smallest absolute Gasteiger partial charge is 0.304 e. The van der Waals surface area contributed by atoms with Gasteiger partial charge in [-0.05, 0) is 66.7 Å². The number of amides is 2. The Morgan fingerprint density at radius 1 is 1.09 bits per heavy atom. The molecule has 6 nitrogen and oxygen atoms in total. The van der Waals surface area contributed by atoms with Crippen molar-refractivity contribution in [3.05, 3.63) is 99.3 Å². The Balaban J connectivity index is 1.72. The van der Waals surface area contributed by atoms with Crippen molar-refractivity contribution in [2.24, 2.45) is 0 Å². The monoisotopic (exact) mass is 486 g/mol. The minimum absolute atomic E-state index is 0.237. The first-order valence-corrected chi connectivity index (χ1v) is 10.7. The van der Waals surface area contributed by atoms with E-state index in [9.17, 15) is 14.0 Å². The molecule has 2 atom stereocenters. The third-order valence-electron chi connectivity index (χ3n) is 5.23. The summed E-state index contributed by atoms with van der Waals surface area (Å²) in [5.41, 5.74) is 4.40. The summed E-state index contributed by atoms with van der Waals surface area (Å²) in [7, 11) is 1.56. The number of hydrogen-bond donors (Lipinski definition) is 2. The number of nitrogens with zero attached hydrogens (tertiary/aromatic N) is 1. The van der Waals surface area contributed by atoms with Crippen LogP contribution < -0.4 is 15.5 Å². The molecule has 9 heteroatoms. The standard InChI is InChI=1S/C24H18Cl2FN3O3/c1-33-19-10-5-14(6-11-19)22-21(28-23(31)15-3-8-18(27)9-4-15)24(32)29-30(22)13-16-2-7-17(25)12-20(16)26/h2-13,21-22H,1H3,(H-,28,29,31,32)/p+1/b30-13-/t21-,22-/m1/s1. The molecule has 2 N–H and O–H groups in total. The van der Waals surface area contributed by atoms with Gasteiger partial charge in [-0.15, -0.1) is 10.1 Å². The number of hydrazine groups is 1. The number of methoxy groups -OCH3 is 1. The van der Waals surface area contributed by atoms with Crippen molar-refractivity contribution in [1.82, 2.24) is 10.7 Å². The van der Waals surface area contributed by atoms with Crippen LogP contribution >= 0.6 is 23.2 Å². The third-order valence-corrected chi connectivity index (χ3v) is 5.79. The van der Waals surface area contributed by atoms with Gasteiger partial charge < -0.3 is 10.1 Å². The van der Waals surface area contributed by atoms with E-state index in [-0.39, 0.29) is 5.56 Å². The molecule has 1 aliphatic heterocycles. The van der Waals surface area contributed by atoms with Crippen LogP contribution in [0.4, 0.5) is 4.39 Å².